The maximum Gasteiger partial charge on any atom is 0.269 e. The Labute approximate surface area is 103 Å². The summed E-state index contributed by atoms with van der Waals surface area (Å²) in [5.41, 5.74) is 8.26. The standard InChI is InChI=1S/C12H12N2O2S/c13-12(10-5-6-17-8-10)7-9-1-3-11(4-2-9)14(15)16/h1-6,8,12H,7,13H2. The Hall–Kier alpha value is -1.72. The van der Waals surface area contributed by atoms with Crippen molar-refractivity contribution in [1.82, 2.24) is 0 Å². The predicted molar refractivity (Wildman–Crippen MR) is 68.0 cm³/mol. The Kier molecular flexibility index (Phi) is 3.51. The van der Waals surface area contributed by atoms with Crippen molar-refractivity contribution in [3.8, 4) is 0 Å². The molecule has 88 valence electrons. The Morgan fingerprint density at radius 2 is 2.00 bits per heavy atom. The van der Waals surface area contributed by atoms with Gasteiger partial charge in [-0.2, -0.15) is 11.3 Å². The number of hydrogen-bond donors (Lipinski definition) is 1. The number of nitro groups is 1. The van der Waals surface area contributed by atoms with Crippen molar-refractivity contribution in [3.05, 3.63) is 62.3 Å². The quantitative estimate of drug-likeness (QED) is 0.668. The number of nitro benzene ring substituents is 1. The third-order valence-electron chi connectivity index (χ3n) is 2.57. The molecule has 0 radical (unpaired) electrons. The first kappa shape index (κ1) is 11.8. The van der Waals surface area contributed by atoms with Crippen LogP contribution < -0.4 is 5.73 Å². The molecule has 4 nitrogen and oxygen atoms in total. The lowest BCUT2D eigenvalue weighted by molar-refractivity contribution is -0.384. The molecule has 0 amide bonds. The number of benzene rings is 1. The smallest absolute Gasteiger partial charge is 0.269 e. The lowest BCUT2D eigenvalue weighted by atomic mass is 10.0. The van der Waals surface area contributed by atoms with Gasteiger partial charge in [-0.25, -0.2) is 0 Å². The van der Waals surface area contributed by atoms with Crippen LogP contribution in [0.2, 0.25) is 0 Å². The summed E-state index contributed by atoms with van der Waals surface area (Å²) in [5.74, 6) is 0. The van der Waals surface area contributed by atoms with Crippen molar-refractivity contribution in [2.24, 2.45) is 5.73 Å². The van der Waals surface area contributed by atoms with Gasteiger partial charge in [0.1, 0.15) is 0 Å². The average Bonchev–Trinajstić information content (AvgIpc) is 2.83. The van der Waals surface area contributed by atoms with Gasteiger partial charge in [-0.1, -0.05) is 12.1 Å². The fourth-order valence-corrected chi connectivity index (χ4v) is 2.34. The van der Waals surface area contributed by atoms with Crippen molar-refractivity contribution in [3.63, 3.8) is 0 Å². The van der Waals surface area contributed by atoms with E-state index >= 15 is 0 Å². The average molecular weight is 248 g/mol. The molecule has 2 aromatic rings. The number of thiophene rings is 1. The van der Waals surface area contributed by atoms with Gasteiger partial charge < -0.3 is 5.73 Å². The summed E-state index contributed by atoms with van der Waals surface area (Å²) in [6, 6.07) is 8.48. The molecule has 1 heterocycles. The van der Waals surface area contributed by atoms with Crippen LogP contribution in [0.5, 0.6) is 0 Å². The van der Waals surface area contributed by atoms with Crippen LogP contribution in [0.3, 0.4) is 0 Å². The highest BCUT2D eigenvalue weighted by atomic mass is 32.1. The van der Waals surface area contributed by atoms with Crippen molar-refractivity contribution in [1.29, 1.82) is 0 Å². The van der Waals surface area contributed by atoms with Gasteiger partial charge in [0.05, 0.1) is 4.92 Å². The monoisotopic (exact) mass is 248 g/mol. The molecule has 0 spiro atoms. The Bertz CT molecular complexity index is 494. The van der Waals surface area contributed by atoms with Crippen LogP contribution in [0.15, 0.2) is 41.1 Å². The highest BCUT2D eigenvalue weighted by Gasteiger charge is 2.09. The molecule has 0 saturated heterocycles. The highest BCUT2D eigenvalue weighted by Crippen LogP contribution is 2.20. The van der Waals surface area contributed by atoms with Crippen molar-refractivity contribution >= 4 is 17.0 Å². The van der Waals surface area contributed by atoms with Crippen molar-refractivity contribution < 1.29 is 4.92 Å². The summed E-state index contributed by atoms with van der Waals surface area (Å²) in [5, 5.41) is 14.5. The second-order valence-corrected chi connectivity index (χ2v) is 4.57. The zero-order valence-electron chi connectivity index (χ0n) is 9.08. The zero-order chi connectivity index (χ0) is 12.3. The summed E-state index contributed by atoms with van der Waals surface area (Å²) in [6.07, 6.45) is 0.689. The molecule has 0 aliphatic heterocycles. The van der Waals surface area contributed by atoms with E-state index in [0.29, 0.717) is 6.42 Å². The topological polar surface area (TPSA) is 69.2 Å². The van der Waals surface area contributed by atoms with E-state index in [1.165, 1.54) is 12.1 Å². The first-order chi connectivity index (χ1) is 8.16. The lowest BCUT2D eigenvalue weighted by Gasteiger charge is -2.09. The van der Waals surface area contributed by atoms with Crippen LogP contribution in [-0.2, 0) is 6.42 Å². The number of hydrogen-bond acceptors (Lipinski definition) is 4. The van der Waals surface area contributed by atoms with Crippen LogP contribution in [0.25, 0.3) is 0 Å². The number of nitrogens with zero attached hydrogens (tertiary/aromatic N) is 1. The van der Waals surface area contributed by atoms with Gasteiger partial charge in [0.2, 0.25) is 0 Å². The van der Waals surface area contributed by atoms with E-state index in [1.807, 2.05) is 16.8 Å². The largest absolute Gasteiger partial charge is 0.324 e. The molecular weight excluding hydrogens is 236 g/mol. The maximum atomic E-state index is 10.5. The third-order valence-corrected chi connectivity index (χ3v) is 3.28. The van der Waals surface area contributed by atoms with E-state index in [0.717, 1.165) is 11.1 Å². The molecule has 17 heavy (non-hydrogen) atoms. The number of non-ortho nitro benzene ring substituents is 1. The molecule has 0 fully saturated rings. The lowest BCUT2D eigenvalue weighted by Crippen LogP contribution is -2.12. The first-order valence-electron chi connectivity index (χ1n) is 5.18. The first-order valence-corrected chi connectivity index (χ1v) is 6.12. The summed E-state index contributed by atoms with van der Waals surface area (Å²) in [7, 11) is 0. The molecule has 0 saturated carbocycles. The summed E-state index contributed by atoms with van der Waals surface area (Å²) >= 11 is 1.62. The van der Waals surface area contributed by atoms with E-state index in [4.69, 9.17) is 5.73 Å². The molecule has 1 unspecified atom stereocenters. The van der Waals surface area contributed by atoms with E-state index in [9.17, 15) is 10.1 Å². The third kappa shape index (κ3) is 2.89. The Morgan fingerprint density at radius 1 is 1.29 bits per heavy atom. The van der Waals surface area contributed by atoms with Gasteiger partial charge in [0, 0.05) is 18.2 Å². The molecule has 1 aromatic heterocycles. The predicted octanol–water partition coefficient (Wildman–Crippen LogP) is 2.90. The Balaban J connectivity index is 2.06. The van der Waals surface area contributed by atoms with Gasteiger partial charge in [0.15, 0.2) is 0 Å². The van der Waals surface area contributed by atoms with Crippen LogP contribution in [-0.4, -0.2) is 4.92 Å². The molecule has 1 atom stereocenters. The zero-order valence-corrected chi connectivity index (χ0v) is 9.89. The summed E-state index contributed by atoms with van der Waals surface area (Å²) in [6.45, 7) is 0. The normalized spacial score (nSPS) is 12.3. The SMILES string of the molecule is NC(Cc1ccc([N+](=O)[O-])cc1)c1ccsc1. The van der Waals surface area contributed by atoms with Gasteiger partial charge in [-0.05, 0) is 34.4 Å². The fraction of sp³-hybridized carbons (Fsp3) is 0.167. The van der Waals surface area contributed by atoms with Crippen molar-refractivity contribution in [2.75, 3.05) is 0 Å². The molecule has 0 aliphatic rings. The molecule has 0 aliphatic carbocycles. The van der Waals surface area contributed by atoms with E-state index in [2.05, 4.69) is 0 Å². The van der Waals surface area contributed by atoms with Gasteiger partial charge in [0.25, 0.3) is 5.69 Å². The van der Waals surface area contributed by atoms with Crippen molar-refractivity contribution in [2.45, 2.75) is 12.5 Å². The molecular formula is C12H12N2O2S. The number of nitrogens with two attached hydrogens (primary N) is 1. The van der Waals surface area contributed by atoms with Crippen LogP contribution in [0.4, 0.5) is 5.69 Å². The second-order valence-electron chi connectivity index (χ2n) is 3.79. The number of rotatable bonds is 4. The second kappa shape index (κ2) is 5.07. The summed E-state index contributed by atoms with van der Waals surface area (Å²) in [4.78, 5) is 10.1. The molecule has 5 heteroatoms. The van der Waals surface area contributed by atoms with Crippen LogP contribution in [0.1, 0.15) is 17.2 Å². The minimum absolute atomic E-state index is 0.0530. The minimum atomic E-state index is -0.400. The van der Waals surface area contributed by atoms with Gasteiger partial charge in [-0.15, -0.1) is 0 Å². The molecule has 1 aromatic carbocycles. The van der Waals surface area contributed by atoms with Crippen LogP contribution >= 0.6 is 11.3 Å². The molecule has 0 bridgehead atoms. The fourth-order valence-electron chi connectivity index (χ4n) is 1.61. The minimum Gasteiger partial charge on any atom is -0.324 e. The summed E-state index contributed by atoms with van der Waals surface area (Å²) < 4.78 is 0. The molecule has 2 rings (SSSR count). The van der Waals surface area contributed by atoms with E-state index in [1.54, 1.807) is 23.5 Å². The van der Waals surface area contributed by atoms with Gasteiger partial charge in [-0.3, -0.25) is 10.1 Å². The maximum absolute atomic E-state index is 10.5. The highest BCUT2D eigenvalue weighted by molar-refractivity contribution is 7.07. The van der Waals surface area contributed by atoms with Gasteiger partial charge >= 0.3 is 0 Å². The van der Waals surface area contributed by atoms with Crippen LogP contribution in [0, 0.1) is 10.1 Å². The van der Waals surface area contributed by atoms with E-state index < -0.39 is 4.92 Å². The Morgan fingerprint density at radius 3 is 2.53 bits per heavy atom. The van der Waals surface area contributed by atoms with E-state index in [-0.39, 0.29) is 11.7 Å². The molecule has 2 N–H and O–H groups in total.